The normalized spacial score (nSPS) is 11.7. The van der Waals surface area contributed by atoms with Crippen LogP contribution in [0.5, 0.6) is 5.75 Å². The predicted molar refractivity (Wildman–Crippen MR) is 70.9 cm³/mol. The molecule has 0 bridgehead atoms. The van der Waals surface area contributed by atoms with Gasteiger partial charge in [-0.05, 0) is 31.2 Å². The van der Waals surface area contributed by atoms with E-state index in [2.05, 4.69) is 15.3 Å². The van der Waals surface area contributed by atoms with Crippen LogP contribution in [0.1, 0.15) is 17.4 Å². The third kappa shape index (κ3) is 4.01. The average molecular weight is 275 g/mol. The molecule has 5 nitrogen and oxygen atoms in total. The number of rotatable bonds is 5. The van der Waals surface area contributed by atoms with Crippen LogP contribution < -0.4 is 10.1 Å². The number of carbonyl (C=O) groups is 1. The maximum Gasteiger partial charge on any atom is 0.271 e. The summed E-state index contributed by atoms with van der Waals surface area (Å²) in [6, 6.07) is 5.72. The summed E-state index contributed by atoms with van der Waals surface area (Å²) in [5.74, 6) is -0.0822. The highest BCUT2D eigenvalue weighted by atomic mass is 19.1. The molecule has 6 heteroatoms. The molecule has 2 aromatic rings. The smallest absolute Gasteiger partial charge is 0.271 e. The number of nitrogens with one attached hydrogen (secondary N) is 1. The lowest BCUT2D eigenvalue weighted by Gasteiger charge is -2.15. The number of hydrogen-bond acceptors (Lipinski definition) is 4. The molecule has 0 fully saturated rings. The monoisotopic (exact) mass is 275 g/mol. The average Bonchev–Trinajstić information content (AvgIpc) is 2.48. The van der Waals surface area contributed by atoms with E-state index in [-0.39, 0.29) is 23.5 Å². The Hall–Kier alpha value is -2.50. The van der Waals surface area contributed by atoms with Crippen molar-refractivity contribution in [2.24, 2.45) is 0 Å². The van der Waals surface area contributed by atoms with Gasteiger partial charge in [-0.3, -0.25) is 9.78 Å². The standard InChI is InChI=1S/C14H14FN3O2/c1-10(20-12-4-2-11(15)3-5-12)8-18-14(19)13-9-16-6-7-17-13/h2-7,9-10H,8H2,1H3,(H,18,19)/t10-/m0/s1. The van der Waals surface area contributed by atoms with Gasteiger partial charge in [0, 0.05) is 12.4 Å². The van der Waals surface area contributed by atoms with Crippen molar-refractivity contribution in [1.29, 1.82) is 0 Å². The van der Waals surface area contributed by atoms with Crippen molar-refractivity contribution in [2.75, 3.05) is 6.54 Å². The lowest BCUT2D eigenvalue weighted by molar-refractivity contribution is 0.0927. The van der Waals surface area contributed by atoms with E-state index in [4.69, 9.17) is 4.74 Å². The molecule has 0 saturated heterocycles. The molecule has 0 radical (unpaired) electrons. The molecule has 0 saturated carbocycles. The summed E-state index contributed by atoms with van der Waals surface area (Å²) in [6.07, 6.45) is 4.09. The van der Waals surface area contributed by atoms with Crippen molar-refractivity contribution in [3.63, 3.8) is 0 Å². The van der Waals surface area contributed by atoms with E-state index in [0.29, 0.717) is 12.3 Å². The van der Waals surface area contributed by atoms with Crippen LogP contribution in [0.3, 0.4) is 0 Å². The van der Waals surface area contributed by atoms with Gasteiger partial charge in [-0.25, -0.2) is 9.37 Å². The zero-order chi connectivity index (χ0) is 14.4. The van der Waals surface area contributed by atoms with E-state index in [0.717, 1.165) is 0 Å². The summed E-state index contributed by atoms with van der Waals surface area (Å²) >= 11 is 0. The fourth-order valence-electron chi connectivity index (χ4n) is 1.53. The number of halogens is 1. The molecular formula is C14H14FN3O2. The molecule has 1 amide bonds. The van der Waals surface area contributed by atoms with Gasteiger partial charge in [0.05, 0.1) is 12.7 Å². The third-order valence-corrected chi connectivity index (χ3v) is 2.50. The van der Waals surface area contributed by atoms with Gasteiger partial charge in [-0.1, -0.05) is 0 Å². The number of hydrogen-bond donors (Lipinski definition) is 1. The number of nitrogens with zero attached hydrogens (tertiary/aromatic N) is 2. The number of carbonyl (C=O) groups excluding carboxylic acids is 1. The summed E-state index contributed by atoms with van der Waals surface area (Å²) in [6.45, 7) is 2.12. The van der Waals surface area contributed by atoms with Crippen LogP contribution in [-0.4, -0.2) is 28.5 Å². The summed E-state index contributed by atoms with van der Waals surface area (Å²) in [5.41, 5.74) is 0.251. The SMILES string of the molecule is C[C@@H](CNC(=O)c1cnccn1)Oc1ccc(F)cc1. The quantitative estimate of drug-likeness (QED) is 0.904. The number of amides is 1. The molecule has 1 N–H and O–H groups in total. The number of aromatic nitrogens is 2. The van der Waals surface area contributed by atoms with Gasteiger partial charge < -0.3 is 10.1 Å². The van der Waals surface area contributed by atoms with Crippen LogP contribution in [0.2, 0.25) is 0 Å². The zero-order valence-electron chi connectivity index (χ0n) is 10.9. The molecule has 20 heavy (non-hydrogen) atoms. The van der Waals surface area contributed by atoms with Gasteiger partial charge in [0.15, 0.2) is 0 Å². The van der Waals surface area contributed by atoms with Crippen molar-refractivity contribution in [3.05, 3.63) is 54.4 Å². The molecule has 1 heterocycles. The van der Waals surface area contributed by atoms with Crippen molar-refractivity contribution in [1.82, 2.24) is 15.3 Å². The third-order valence-electron chi connectivity index (χ3n) is 2.50. The molecule has 1 aromatic heterocycles. The first-order valence-electron chi connectivity index (χ1n) is 6.11. The van der Waals surface area contributed by atoms with Crippen LogP contribution in [0.15, 0.2) is 42.9 Å². The largest absolute Gasteiger partial charge is 0.489 e. The molecule has 0 spiro atoms. The van der Waals surface area contributed by atoms with Gasteiger partial charge in [0.25, 0.3) is 5.91 Å². The lowest BCUT2D eigenvalue weighted by Crippen LogP contribution is -2.34. The summed E-state index contributed by atoms with van der Waals surface area (Å²) in [4.78, 5) is 19.4. The van der Waals surface area contributed by atoms with E-state index < -0.39 is 0 Å². The first-order chi connectivity index (χ1) is 9.65. The molecule has 1 aromatic carbocycles. The minimum Gasteiger partial charge on any atom is -0.489 e. The minimum atomic E-state index is -0.319. The van der Waals surface area contributed by atoms with Crippen LogP contribution in [0.25, 0.3) is 0 Å². The summed E-state index contributed by atoms with van der Waals surface area (Å²) in [5, 5.41) is 2.69. The Morgan fingerprint density at radius 1 is 1.35 bits per heavy atom. The Kier molecular flexibility index (Phi) is 4.60. The Bertz CT molecular complexity index is 560. The van der Waals surface area contributed by atoms with Crippen molar-refractivity contribution in [3.8, 4) is 5.75 Å². The topological polar surface area (TPSA) is 64.1 Å². The van der Waals surface area contributed by atoms with E-state index >= 15 is 0 Å². The van der Waals surface area contributed by atoms with Gasteiger partial charge in [-0.2, -0.15) is 0 Å². The Labute approximate surface area is 115 Å². The van der Waals surface area contributed by atoms with Crippen molar-refractivity contribution in [2.45, 2.75) is 13.0 Å². The second-order valence-electron chi connectivity index (χ2n) is 4.18. The van der Waals surface area contributed by atoms with Crippen LogP contribution in [0.4, 0.5) is 4.39 Å². The van der Waals surface area contributed by atoms with E-state index in [1.165, 1.54) is 42.9 Å². The fraction of sp³-hybridized carbons (Fsp3) is 0.214. The van der Waals surface area contributed by atoms with Crippen LogP contribution >= 0.6 is 0 Å². The van der Waals surface area contributed by atoms with Gasteiger partial charge in [-0.15, -0.1) is 0 Å². The maximum absolute atomic E-state index is 12.7. The Morgan fingerprint density at radius 2 is 2.10 bits per heavy atom. The fourth-order valence-corrected chi connectivity index (χ4v) is 1.53. The van der Waals surface area contributed by atoms with Crippen LogP contribution in [-0.2, 0) is 0 Å². The van der Waals surface area contributed by atoms with Gasteiger partial charge in [0.1, 0.15) is 23.4 Å². The van der Waals surface area contributed by atoms with E-state index in [1.807, 2.05) is 0 Å². The van der Waals surface area contributed by atoms with Crippen molar-refractivity contribution < 1.29 is 13.9 Å². The number of ether oxygens (including phenoxy) is 1. The molecule has 0 aliphatic rings. The molecule has 0 unspecified atom stereocenters. The van der Waals surface area contributed by atoms with E-state index in [1.54, 1.807) is 6.92 Å². The highest BCUT2D eigenvalue weighted by Gasteiger charge is 2.10. The van der Waals surface area contributed by atoms with E-state index in [9.17, 15) is 9.18 Å². The molecular weight excluding hydrogens is 261 g/mol. The predicted octanol–water partition coefficient (Wildman–Crippen LogP) is 1.81. The molecule has 0 aliphatic heterocycles. The zero-order valence-corrected chi connectivity index (χ0v) is 10.9. The van der Waals surface area contributed by atoms with Crippen molar-refractivity contribution >= 4 is 5.91 Å². The Balaban J connectivity index is 1.82. The first-order valence-corrected chi connectivity index (χ1v) is 6.11. The maximum atomic E-state index is 12.7. The second-order valence-corrected chi connectivity index (χ2v) is 4.18. The van der Waals surface area contributed by atoms with Gasteiger partial charge >= 0.3 is 0 Å². The summed E-state index contributed by atoms with van der Waals surface area (Å²) in [7, 11) is 0. The Morgan fingerprint density at radius 3 is 2.75 bits per heavy atom. The lowest BCUT2D eigenvalue weighted by atomic mass is 10.3. The number of benzene rings is 1. The first kappa shape index (κ1) is 13.9. The summed E-state index contributed by atoms with van der Waals surface area (Å²) < 4.78 is 18.3. The molecule has 0 aliphatic carbocycles. The molecule has 1 atom stereocenters. The minimum absolute atomic E-state index is 0.249. The highest BCUT2D eigenvalue weighted by molar-refractivity contribution is 5.91. The highest BCUT2D eigenvalue weighted by Crippen LogP contribution is 2.12. The molecule has 2 rings (SSSR count). The molecule has 104 valence electrons. The van der Waals surface area contributed by atoms with Gasteiger partial charge in [0.2, 0.25) is 0 Å². The van der Waals surface area contributed by atoms with Crippen LogP contribution in [0, 0.1) is 5.82 Å². The second kappa shape index (κ2) is 6.60.